The number of halogens is 2. The van der Waals surface area contributed by atoms with E-state index in [-0.39, 0.29) is 22.8 Å². The highest BCUT2D eigenvalue weighted by molar-refractivity contribution is 7.89. The third-order valence-electron chi connectivity index (χ3n) is 3.42. The molecule has 22 heavy (non-hydrogen) atoms. The monoisotopic (exact) mass is 333 g/mol. The lowest BCUT2D eigenvalue weighted by Gasteiger charge is -2.17. The van der Waals surface area contributed by atoms with Crippen molar-refractivity contribution < 1.29 is 17.2 Å². The smallest absolute Gasteiger partial charge is 0.271 e. The zero-order valence-electron chi connectivity index (χ0n) is 12.7. The summed E-state index contributed by atoms with van der Waals surface area (Å²) in [7, 11) is -0.845. The first kappa shape index (κ1) is 16.6. The molecule has 0 unspecified atom stereocenters. The molecule has 2 aromatic rings. The summed E-state index contributed by atoms with van der Waals surface area (Å²) >= 11 is 0. The van der Waals surface area contributed by atoms with Crippen molar-refractivity contribution >= 4 is 10.0 Å². The van der Waals surface area contributed by atoms with Gasteiger partial charge in [0.05, 0.1) is 23.6 Å². The van der Waals surface area contributed by atoms with Crippen LogP contribution in [0.3, 0.4) is 0 Å². The Balaban J connectivity index is 2.40. The first-order chi connectivity index (χ1) is 10.2. The zero-order valence-corrected chi connectivity index (χ0v) is 13.5. The number of nitrogens with zero attached hydrogens (tertiary/aromatic N) is 5. The van der Waals surface area contributed by atoms with Crippen LogP contribution in [0.1, 0.15) is 23.6 Å². The van der Waals surface area contributed by atoms with Crippen molar-refractivity contribution in [1.29, 1.82) is 0 Å². The Hall–Kier alpha value is -1.81. The Bertz CT molecular complexity index is 782. The van der Waals surface area contributed by atoms with Gasteiger partial charge in [0.1, 0.15) is 4.90 Å². The molecule has 0 aliphatic rings. The molecule has 7 nitrogen and oxygen atoms in total. The Labute approximate surface area is 127 Å². The van der Waals surface area contributed by atoms with E-state index < -0.39 is 16.6 Å². The molecule has 0 radical (unpaired) electrons. The van der Waals surface area contributed by atoms with Crippen molar-refractivity contribution in [3.05, 3.63) is 29.3 Å². The van der Waals surface area contributed by atoms with E-state index in [0.29, 0.717) is 10.4 Å². The number of aromatic nitrogens is 4. The third kappa shape index (κ3) is 2.75. The average Bonchev–Trinajstić information content (AvgIpc) is 2.93. The Morgan fingerprint density at radius 3 is 2.45 bits per heavy atom. The minimum absolute atomic E-state index is 0.0506. The Morgan fingerprint density at radius 1 is 1.36 bits per heavy atom. The number of sulfonamides is 1. The van der Waals surface area contributed by atoms with Gasteiger partial charge in [-0.25, -0.2) is 13.1 Å². The maximum absolute atomic E-state index is 12.8. The van der Waals surface area contributed by atoms with Crippen LogP contribution in [0.25, 0.3) is 0 Å². The topological polar surface area (TPSA) is 73.0 Å². The summed E-state index contributed by atoms with van der Waals surface area (Å²) < 4.78 is 54.0. The molecule has 0 spiro atoms. The van der Waals surface area contributed by atoms with Crippen LogP contribution in [-0.2, 0) is 23.6 Å². The maximum Gasteiger partial charge on any atom is 0.333 e. The predicted molar refractivity (Wildman–Crippen MR) is 74.8 cm³/mol. The van der Waals surface area contributed by atoms with E-state index >= 15 is 0 Å². The lowest BCUT2D eigenvalue weighted by Crippen LogP contribution is -2.28. The fraction of sp³-hybridized carbons (Fsp3) is 0.500. The summed E-state index contributed by atoms with van der Waals surface area (Å²) in [4.78, 5) is -0.183. The number of hydrogen-bond donors (Lipinski definition) is 0. The summed E-state index contributed by atoms with van der Waals surface area (Å²) in [6.07, 6.45) is 1.56. The van der Waals surface area contributed by atoms with Crippen molar-refractivity contribution in [2.75, 3.05) is 7.05 Å². The van der Waals surface area contributed by atoms with Crippen LogP contribution in [0.15, 0.2) is 17.2 Å². The van der Waals surface area contributed by atoms with E-state index in [1.54, 1.807) is 24.0 Å². The van der Waals surface area contributed by atoms with Crippen LogP contribution in [0.4, 0.5) is 8.78 Å². The fourth-order valence-corrected chi connectivity index (χ4v) is 3.73. The van der Waals surface area contributed by atoms with Gasteiger partial charge in [0, 0.05) is 20.3 Å². The Kier molecular flexibility index (Phi) is 4.34. The van der Waals surface area contributed by atoms with Crippen molar-refractivity contribution in [2.24, 2.45) is 7.05 Å². The second kappa shape index (κ2) is 5.76. The molecule has 0 aliphatic carbocycles. The minimum atomic E-state index is -3.93. The number of hydrogen-bond acceptors (Lipinski definition) is 4. The van der Waals surface area contributed by atoms with E-state index in [0.717, 1.165) is 4.31 Å². The molecule has 0 atom stereocenters. The molecule has 2 heterocycles. The van der Waals surface area contributed by atoms with Gasteiger partial charge in [-0.15, -0.1) is 0 Å². The highest BCUT2D eigenvalue weighted by Gasteiger charge is 2.30. The largest absolute Gasteiger partial charge is 0.333 e. The third-order valence-corrected chi connectivity index (χ3v) is 5.48. The van der Waals surface area contributed by atoms with Crippen LogP contribution >= 0.6 is 0 Å². The van der Waals surface area contributed by atoms with Crippen LogP contribution in [0.2, 0.25) is 0 Å². The van der Waals surface area contributed by atoms with Crippen molar-refractivity contribution in [1.82, 2.24) is 23.9 Å². The summed E-state index contributed by atoms with van der Waals surface area (Å²) in [5.74, 6) is 0. The van der Waals surface area contributed by atoms with Gasteiger partial charge in [-0.3, -0.25) is 4.68 Å². The molecule has 0 N–H and O–H groups in total. The quantitative estimate of drug-likeness (QED) is 0.830. The Morgan fingerprint density at radius 2 is 2.00 bits per heavy atom. The SMILES string of the molecule is Cc1nn(C(F)F)c(C)c1S(=O)(=O)N(C)Cc1ccnn1C. The average molecular weight is 333 g/mol. The van der Waals surface area contributed by atoms with E-state index in [1.807, 2.05) is 0 Å². The molecule has 0 amide bonds. The van der Waals surface area contributed by atoms with Gasteiger partial charge in [0.25, 0.3) is 0 Å². The maximum atomic E-state index is 12.8. The normalized spacial score (nSPS) is 12.5. The molecular weight excluding hydrogens is 316 g/mol. The molecule has 2 rings (SSSR count). The van der Waals surface area contributed by atoms with Crippen LogP contribution in [0.5, 0.6) is 0 Å². The van der Waals surface area contributed by atoms with Crippen LogP contribution in [0, 0.1) is 13.8 Å². The second-order valence-corrected chi connectivity index (χ2v) is 6.91. The predicted octanol–water partition coefficient (Wildman–Crippen LogP) is 1.45. The molecule has 0 aliphatic heterocycles. The lowest BCUT2D eigenvalue weighted by molar-refractivity contribution is 0.0538. The summed E-state index contributed by atoms with van der Waals surface area (Å²) in [6.45, 7) is -0.0874. The van der Waals surface area contributed by atoms with Crippen molar-refractivity contribution in [3.8, 4) is 0 Å². The van der Waals surface area contributed by atoms with E-state index in [9.17, 15) is 17.2 Å². The molecule has 0 saturated carbocycles. The molecule has 122 valence electrons. The molecular formula is C12H17F2N5O2S. The van der Waals surface area contributed by atoms with Crippen LogP contribution < -0.4 is 0 Å². The highest BCUT2D eigenvalue weighted by atomic mass is 32.2. The lowest BCUT2D eigenvalue weighted by atomic mass is 10.4. The minimum Gasteiger partial charge on any atom is -0.271 e. The summed E-state index contributed by atoms with van der Waals surface area (Å²) in [5.41, 5.74) is 0.654. The van der Waals surface area contributed by atoms with Crippen molar-refractivity contribution in [3.63, 3.8) is 0 Å². The molecule has 0 saturated heterocycles. The number of alkyl halides is 2. The van der Waals surface area contributed by atoms with Gasteiger partial charge < -0.3 is 0 Å². The summed E-state index contributed by atoms with van der Waals surface area (Å²) in [5, 5.41) is 7.58. The highest BCUT2D eigenvalue weighted by Crippen LogP contribution is 2.26. The van der Waals surface area contributed by atoms with Crippen LogP contribution in [-0.4, -0.2) is 39.3 Å². The van der Waals surface area contributed by atoms with Gasteiger partial charge in [-0.1, -0.05) is 0 Å². The second-order valence-electron chi connectivity index (χ2n) is 4.93. The molecule has 0 fully saturated rings. The molecule has 10 heteroatoms. The van der Waals surface area contributed by atoms with Gasteiger partial charge in [0.2, 0.25) is 10.0 Å². The molecule has 2 aromatic heterocycles. The first-order valence-electron chi connectivity index (χ1n) is 6.43. The fourth-order valence-electron chi connectivity index (χ4n) is 2.24. The molecule has 0 aromatic carbocycles. The van der Waals surface area contributed by atoms with E-state index in [2.05, 4.69) is 10.2 Å². The van der Waals surface area contributed by atoms with Crippen molar-refractivity contribution in [2.45, 2.75) is 31.8 Å². The van der Waals surface area contributed by atoms with E-state index in [4.69, 9.17) is 0 Å². The van der Waals surface area contributed by atoms with Gasteiger partial charge in [-0.2, -0.15) is 23.3 Å². The number of aryl methyl sites for hydroxylation is 2. The first-order valence-corrected chi connectivity index (χ1v) is 7.87. The molecule has 0 bridgehead atoms. The van der Waals surface area contributed by atoms with E-state index in [1.165, 1.54) is 20.9 Å². The van der Waals surface area contributed by atoms with Gasteiger partial charge >= 0.3 is 6.55 Å². The van der Waals surface area contributed by atoms with Gasteiger partial charge in [-0.05, 0) is 19.9 Å². The zero-order chi connectivity index (χ0) is 16.7. The summed E-state index contributed by atoms with van der Waals surface area (Å²) in [6, 6.07) is 1.69. The number of rotatable bonds is 5. The standard InChI is InChI=1S/C12H17F2N5O2S/c1-8-11(9(2)19(16-8)12(13)14)22(20,21)17(3)7-10-5-6-15-18(10)4/h5-6,12H,7H2,1-4H3. The van der Waals surface area contributed by atoms with Gasteiger partial charge in [0.15, 0.2) is 0 Å².